The number of benzene rings is 1. The molecule has 1 atom stereocenters. The van der Waals surface area contributed by atoms with Crippen molar-refractivity contribution in [2.24, 2.45) is 22.7 Å². The smallest absolute Gasteiger partial charge is 0.326 e. The normalized spacial score (nSPS) is 13.1. The van der Waals surface area contributed by atoms with E-state index >= 15 is 0 Å². The lowest BCUT2D eigenvalue weighted by atomic mass is 9.97. The second-order valence-corrected chi connectivity index (χ2v) is 7.80. The van der Waals surface area contributed by atoms with E-state index in [1.165, 1.54) is 4.90 Å². The zero-order chi connectivity index (χ0) is 25.0. The van der Waals surface area contributed by atoms with Crippen LogP contribution in [0.15, 0.2) is 60.2 Å². The Bertz CT molecular complexity index is 890. The highest BCUT2D eigenvalue weighted by atomic mass is 16.4. The number of urea groups is 1. The van der Waals surface area contributed by atoms with Crippen LogP contribution in [0.2, 0.25) is 0 Å². The third-order valence-electron chi connectivity index (χ3n) is 5.12. The molecule has 1 aromatic carbocycles. The number of nitrogens with one attached hydrogen (secondary N) is 2. The molecule has 1 unspecified atom stereocenters. The average molecular weight is 457 g/mol. The Morgan fingerprint density at radius 3 is 2.27 bits per heavy atom. The Balaban J connectivity index is 3.30. The minimum absolute atomic E-state index is 0.148. The molecule has 0 saturated carbocycles. The van der Waals surface area contributed by atoms with E-state index in [-0.39, 0.29) is 18.3 Å². The van der Waals surface area contributed by atoms with Crippen molar-refractivity contribution in [1.29, 1.82) is 0 Å². The first-order valence-corrected chi connectivity index (χ1v) is 10.9. The Kier molecular flexibility index (Phi) is 11.4. The summed E-state index contributed by atoms with van der Waals surface area (Å²) in [7, 11) is 0. The average Bonchev–Trinajstić information content (AvgIpc) is 2.79. The largest absolute Gasteiger partial charge is 0.480 e. The van der Waals surface area contributed by atoms with E-state index in [0.29, 0.717) is 17.7 Å². The Labute approximate surface area is 195 Å². The number of nitrogens with two attached hydrogens (primary N) is 2. The van der Waals surface area contributed by atoms with Gasteiger partial charge in [-0.25, -0.2) is 15.4 Å². The van der Waals surface area contributed by atoms with E-state index in [1.807, 2.05) is 31.2 Å². The molecule has 9 nitrogen and oxygen atoms in total. The van der Waals surface area contributed by atoms with E-state index < -0.39 is 18.0 Å². The molecule has 0 radical (unpaired) electrons. The maximum Gasteiger partial charge on any atom is 0.326 e. The van der Waals surface area contributed by atoms with Crippen LogP contribution in [0, 0.1) is 5.92 Å². The SMILES string of the molecule is C=CC(/C(=N/N)NN)=C(\C=C)c1ccc(CN(C(=O)NCCCC)C(C(=O)O)C(C)C)cc1. The van der Waals surface area contributed by atoms with Crippen molar-refractivity contribution in [1.82, 2.24) is 15.6 Å². The quantitative estimate of drug-likeness (QED) is 0.0816. The van der Waals surface area contributed by atoms with Crippen LogP contribution in [-0.2, 0) is 11.3 Å². The Morgan fingerprint density at radius 1 is 1.21 bits per heavy atom. The molecule has 2 amide bonds. The molecule has 0 aromatic heterocycles. The maximum atomic E-state index is 12.8. The van der Waals surface area contributed by atoms with Gasteiger partial charge in [-0.3, -0.25) is 0 Å². The zero-order valence-corrected chi connectivity index (χ0v) is 19.7. The predicted molar refractivity (Wildman–Crippen MR) is 133 cm³/mol. The first-order valence-electron chi connectivity index (χ1n) is 10.9. The van der Waals surface area contributed by atoms with Crippen LogP contribution in [0.1, 0.15) is 44.7 Å². The summed E-state index contributed by atoms with van der Waals surface area (Å²) >= 11 is 0. The minimum atomic E-state index is -1.04. The van der Waals surface area contributed by atoms with Crippen molar-refractivity contribution >= 4 is 23.4 Å². The fraction of sp³-hybridized carbons (Fsp3) is 0.375. The van der Waals surface area contributed by atoms with E-state index in [9.17, 15) is 14.7 Å². The van der Waals surface area contributed by atoms with Gasteiger partial charge in [-0.2, -0.15) is 5.10 Å². The number of hydrazone groups is 1. The highest BCUT2D eigenvalue weighted by Crippen LogP contribution is 2.23. The number of amides is 2. The van der Waals surface area contributed by atoms with E-state index in [4.69, 9.17) is 11.7 Å². The van der Waals surface area contributed by atoms with Gasteiger partial charge in [0.1, 0.15) is 6.04 Å². The minimum Gasteiger partial charge on any atom is -0.480 e. The number of amidine groups is 1. The van der Waals surface area contributed by atoms with Crippen molar-refractivity contribution in [3.05, 3.63) is 66.3 Å². The van der Waals surface area contributed by atoms with Crippen LogP contribution in [0.4, 0.5) is 4.79 Å². The highest BCUT2D eigenvalue weighted by molar-refractivity contribution is 6.08. The van der Waals surface area contributed by atoms with Gasteiger partial charge in [0.25, 0.3) is 0 Å². The molecule has 0 saturated heterocycles. The van der Waals surface area contributed by atoms with Gasteiger partial charge in [0.15, 0.2) is 5.84 Å². The van der Waals surface area contributed by atoms with Crippen molar-refractivity contribution in [2.75, 3.05) is 6.54 Å². The standard InChI is InChI=1S/C24H36N6O3/c1-6-9-14-27-24(33)30(21(16(4)5)23(31)32)15-17-10-12-18(13-11-17)19(7-2)20(8-3)22(28-25)29-26/h7-8,10-13,16,21H,2-3,6,9,14-15,25-26H2,1,4-5H3,(H,27,33)(H,28,29)(H,31,32)/b20-19-. The van der Waals surface area contributed by atoms with Gasteiger partial charge < -0.3 is 26.6 Å². The monoisotopic (exact) mass is 456 g/mol. The summed E-state index contributed by atoms with van der Waals surface area (Å²) in [6.07, 6.45) is 4.96. The van der Waals surface area contributed by atoms with Gasteiger partial charge in [-0.05, 0) is 29.0 Å². The highest BCUT2D eigenvalue weighted by Gasteiger charge is 2.32. The number of allylic oxidation sites excluding steroid dienone is 2. The lowest BCUT2D eigenvalue weighted by Gasteiger charge is -2.31. The molecule has 0 aliphatic heterocycles. The third kappa shape index (κ3) is 7.50. The Hall–Kier alpha value is -3.59. The van der Waals surface area contributed by atoms with Crippen LogP contribution in [0.25, 0.3) is 5.57 Å². The summed E-state index contributed by atoms with van der Waals surface area (Å²) in [6.45, 7) is 13.9. The molecule has 1 aromatic rings. The number of carbonyl (C=O) groups excluding carboxylic acids is 1. The topological polar surface area (TPSA) is 146 Å². The number of aliphatic carboxylic acids is 1. The molecule has 0 bridgehead atoms. The summed E-state index contributed by atoms with van der Waals surface area (Å²) < 4.78 is 0. The molecule has 180 valence electrons. The molecular formula is C24H36N6O3. The van der Waals surface area contributed by atoms with E-state index in [1.54, 1.807) is 26.0 Å². The number of unbranched alkanes of at least 4 members (excludes halogenated alkanes) is 1. The molecule has 9 heteroatoms. The fourth-order valence-corrected chi connectivity index (χ4v) is 3.44. The Morgan fingerprint density at radius 2 is 1.85 bits per heavy atom. The first kappa shape index (κ1) is 27.4. The number of hydrogen-bond acceptors (Lipinski definition) is 5. The molecule has 0 fully saturated rings. The van der Waals surface area contributed by atoms with Gasteiger partial charge in [0.05, 0.1) is 0 Å². The molecule has 0 aliphatic carbocycles. The number of rotatable bonds is 12. The predicted octanol–water partition coefficient (Wildman–Crippen LogP) is 2.97. The van der Waals surface area contributed by atoms with Crippen LogP contribution < -0.4 is 22.4 Å². The lowest BCUT2D eigenvalue weighted by Crippen LogP contribution is -2.51. The van der Waals surface area contributed by atoms with Crippen molar-refractivity contribution in [3.63, 3.8) is 0 Å². The molecule has 33 heavy (non-hydrogen) atoms. The summed E-state index contributed by atoms with van der Waals surface area (Å²) in [4.78, 5) is 26.1. The molecule has 7 N–H and O–H groups in total. The zero-order valence-electron chi connectivity index (χ0n) is 19.7. The van der Waals surface area contributed by atoms with Crippen molar-refractivity contribution in [2.45, 2.75) is 46.2 Å². The lowest BCUT2D eigenvalue weighted by molar-refractivity contribution is -0.144. The number of nitrogens with zero attached hydrogens (tertiary/aromatic N) is 2. The van der Waals surface area contributed by atoms with Gasteiger partial charge in [-0.1, -0.05) is 76.8 Å². The number of carboxylic acid groups (broad SMARTS) is 1. The number of carbonyl (C=O) groups is 2. The van der Waals surface area contributed by atoms with Gasteiger partial charge >= 0.3 is 12.0 Å². The van der Waals surface area contributed by atoms with Crippen LogP contribution in [0.3, 0.4) is 0 Å². The molecule has 0 heterocycles. The second-order valence-electron chi connectivity index (χ2n) is 7.80. The van der Waals surface area contributed by atoms with Crippen LogP contribution in [-0.4, -0.2) is 40.4 Å². The van der Waals surface area contributed by atoms with Gasteiger partial charge in [0, 0.05) is 18.7 Å². The molecular weight excluding hydrogens is 420 g/mol. The maximum absolute atomic E-state index is 12.8. The third-order valence-corrected chi connectivity index (χ3v) is 5.12. The number of carboxylic acids is 1. The van der Waals surface area contributed by atoms with Crippen LogP contribution in [0.5, 0.6) is 0 Å². The van der Waals surface area contributed by atoms with Gasteiger partial charge in [0.2, 0.25) is 0 Å². The summed E-state index contributed by atoms with van der Waals surface area (Å²) in [5.41, 5.74) is 5.30. The number of hydrogen-bond donors (Lipinski definition) is 5. The molecule has 0 spiro atoms. The van der Waals surface area contributed by atoms with E-state index in [2.05, 4.69) is 29.0 Å². The van der Waals surface area contributed by atoms with E-state index in [0.717, 1.165) is 24.0 Å². The van der Waals surface area contributed by atoms with Gasteiger partial charge in [-0.15, -0.1) is 0 Å². The molecule has 0 aliphatic rings. The second kappa shape index (κ2) is 13.7. The fourth-order valence-electron chi connectivity index (χ4n) is 3.44. The number of hydrazine groups is 1. The van der Waals surface area contributed by atoms with Crippen LogP contribution >= 0.6 is 0 Å². The first-order chi connectivity index (χ1) is 15.7. The summed E-state index contributed by atoms with van der Waals surface area (Å²) in [5, 5.41) is 16.2. The molecule has 1 rings (SSSR count). The summed E-state index contributed by atoms with van der Waals surface area (Å²) in [5.74, 6) is 9.83. The summed E-state index contributed by atoms with van der Waals surface area (Å²) in [6, 6.07) is 6.01. The van der Waals surface area contributed by atoms with Crippen molar-refractivity contribution in [3.8, 4) is 0 Å². The van der Waals surface area contributed by atoms with Crippen molar-refractivity contribution < 1.29 is 14.7 Å².